The average Bonchev–Trinajstić information content (AvgIpc) is 3.09. The molecule has 0 saturated carbocycles. The van der Waals surface area contributed by atoms with E-state index in [-0.39, 0.29) is 17.1 Å². The topological polar surface area (TPSA) is 47.6 Å². The molecule has 6 aromatic carbocycles. The summed E-state index contributed by atoms with van der Waals surface area (Å²) in [5, 5.41) is 18.8. The van der Waals surface area contributed by atoms with Crippen molar-refractivity contribution in [1.82, 2.24) is 0 Å². The molecule has 45 heavy (non-hydrogen) atoms. The van der Waals surface area contributed by atoms with Gasteiger partial charge in [-0.05, 0) is 23.8 Å². The minimum Gasteiger partial charge on any atom is -0.199 e. The molecular weight excluding hydrogens is 615 g/mol. The van der Waals surface area contributed by atoms with Gasteiger partial charge in [0.25, 0.3) is 0 Å². The molecule has 6 aromatic rings. The van der Waals surface area contributed by atoms with Crippen molar-refractivity contribution in [1.29, 1.82) is 10.5 Å². The van der Waals surface area contributed by atoms with Crippen LogP contribution < -0.4 is 15.9 Å². The van der Waals surface area contributed by atoms with Gasteiger partial charge < -0.3 is 0 Å². The first-order valence-corrected chi connectivity index (χ1v) is 15.7. The molecule has 226 valence electrons. The standard InChI is InChI=1S/C19H15.C18H15P.2C2H3N.Cu/c2*1-4-10-16(11-5-1)19(17-12-6-2-7-13-17)18-14-8-3-9-15-18;2*1-2-3;/h2*1-15H;2*1H3;/q-1;;;;+1. The van der Waals surface area contributed by atoms with E-state index >= 15 is 0 Å². The number of nitriles is 2. The monoisotopic (exact) mass is 650 g/mol. The minimum atomic E-state index is -0.446. The largest absolute Gasteiger partial charge is 1.00 e. The Bertz CT molecular complexity index is 1350. The number of benzene rings is 6. The number of hydrogen-bond acceptors (Lipinski definition) is 2. The third-order valence-corrected chi connectivity index (χ3v) is 8.67. The van der Waals surface area contributed by atoms with E-state index in [0.29, 0.717) is 0 Å². The van der Waals surface area contributed by atoms with Gasteiger partial charge in [-0.3, -0.25) is 0 Å². The third-order valence-electron chi connectivity index (χ3n) is 6.23. The van der Waals surface area contributed by atoms with E-state index in [9.17, 15) is 0 Å². The fraction of sp³-hybridized carbons (Fsp3) is 0.0488. The molecule has 0 amide bonds. The van der Waals surface area contributed by atoms with Gasteiger partial charge in [0.15, 0.2) is 0 Å². The summed E-state index contributed by atoms with van der Waals surface area (Å²) in [6.07, 6.45) is 0. The van der Waals surface area contributed by atoms with Gasteiger partial charge in [0.2, 0.25) is 0 Å². The fourth-order valence-electron chi connectivity index (χ4n) is 4.49. The van der Waals surface area contributed by atoms with Crippen LogP contribution in [0.2, 0.25) is 0 Å². The minimum absolute atomic E-state index is 0. The van der Waals surface area contributed by atoms with Gasteiger partial charge in [0.05, 0.1) is 12.1 Å². The predicted molar refractivity (Wildman–Crippen MR) is 188 cm³/mol. The van der Waals surface area contributed by atoms with Crippen LogP contribution in [0.1, 0.15) is 30.5 Å². The Kier molecular flexibility index (Phi) is 17.6. The molecule has 0 aliphatic carbocycles. The second-order valence-electron chi connectivity index (χ2n) is 9.26. The Hall–Kier alpha value is -4.88. The van der Waals surface area contributed by atoms with Crippen LogP contribution in [0, 0.1) is 28.6 Å². The molecule has 0 atom stereocenters. The molecule has 4 heteroatoms. The molecule has 0 aromatic heterocycles. The molecule has 0 saturated heterocycles. The van der Waals surface area contributed by atoms with Crippen molar-refractivity contribution in [3.63, 3.8) is 0 Å². The van der Waals surface area contributed by atoms with Crippen molar-refractivity contribution in [3.05, 3.63) is 205 Å². The molecule has 6 rings (SSSR count). The van der Waals surface area contributed by atoms with Crippen molar-refractivity contribution in [2.75, 3.05) is 0 Å². The maximum Gasteiger partial charge on any atom is 1.00 e. The summed E-state index contributed by atoms with van der Waals surface area (Å²) in [6.45, 7) is 2.86. The zero-order chi connectivity index (χ0) is 31.2. The van der Waals surface area contributed by atoms with Crippen LogP contribution in [0.4, 0.5) is 0 Å². The summed E-state index contributed by atoms with van der Waals surface area (Å²) >= 11 is 0. The maximum absolute atomic E-state index is 7.32. The maximum atomic E-state index is 7.32. The Morgan fingerprint density at radius 2 is 0.556 bits per heavy atom. The van der Waals surface area contributed by atoms with E-state index in [1.807, 2.05) is 0 Å². The van der Waals surface area contributed by atoms with Gasteiger partial charge in [-0.15, -0.1) is 0 Å². The molecule has 0 spiro atoms. The molecule has 0 radical (unpaired) electrons. The molecule has 0 aliphatic rings. The van der Waals surface area contributed by atoms with Gasteiger partial charge in [0.1, 0.15) is 0 Å². The van der Waals surface area contributed by atoms with Crippen LogP contribution >= 0.6 is 7.92 Å². The summed E-state index contributed by atoms with van der Waals surface area (Å²) < 4.78 is 0. The molecule has 0 heterocycles. The molecule has 0 aliphatic heterocycles. The van der Waals surface area contributed by atoms with Crippen molar-refractivity contribution >= 4 is 23.8 Å². The van der Waals surface area contributed by atoms with E-state index in [1.54, 1.807) is 12.1 Å². The van der Waals surface area contributed by atoms with E-state index in [0.717, 1.165) is 0 Å². The van der Waals surface area contributed by atoms with Gasteiger partial charge in [-0.2, -0.15) is 10.5 Å². The van der Waals surface area contributed by atoms with E-state index in [4.69, 9.17) is 10.5 Å². The summed E-state index contributed by atoms with van der Waals surface area (Å²) in [5.41, 5.74) is 3.75. The van der Waals surface area contributed by atoms with Crippen molar-refractivity contribution < 1.29 is 17.1 Å². The van der Waals surface area contributed by atoms with Crippen LogP contribution in [-0.2, 0) is 17.1 Å². The third kappa shape index (κ3) is 12.0. The second kappa shape index (κ2) is 21.8. The average molecular weight is 651 g/mol. The van der Waals surface area contributed by atoms with E-state index in [2.05, 4.69) is 182 Å². The van der Waals surface area contributed by atoms with E-state index in [1.165, 1.54) is 52.4 Å². The summed E-state index contributed by atoms with van der Waals surface area (Å²) in [5.74, 6) is 1.28. The molecular formula is C41H36CuN2P. The van der Waals surface area contributed by atoms with Crippen molar-refractivity contribution in [2.45, 2.75) is 13.8 Å². The first-order valence-electron chi connectivity index (χ1n) is 14.3. The first kappa shape index (κ1) is 36.3. The molecule has 0 bridgehead atoms. The zero-order valence-corrected chi connectivity index (χ0v) is 27.3. The predicted octanol–water partition coefficient (Wildman–Crippen LogP) is 9.21. The van der Waals surface area contributed by atoms with Crippen molar-refractivity contribution in [2.24, 2.45) is 0 Å². The fourth-order valence-corrected chi connectivity index (χ4v) is 6.80. The number of hydrogen-bond donors (Lipinski definition) is 0. The zero-order valence-electron chi connectivity index (χ0n) is 25.5. The van der Waals surface area contributed by atoms with Gasteiger partial charge in [-0.1, -0.05) is 205 Å². The van der Waals surface area contributed by atoms with E-state index < -0.39 is 7.92 Å². The molecule has 0 unspecified atom stereocenters. The smallest absolute Gasteiger partial charge is 0.199 e. The summed E-state index contributed by atoms with van der Waals surface area (Å²) in [4.78, 5) is 0. The Morgan fingerprint density at radius 3 is 0.756 bits per heavy atom. The summed E-state index contributed by atoms with van der Waals surface area (Å²) in [7, 11) is -0.446. The number of nitrogens with zero attached hydrogens (tertiary/aromatic N) is 2. The van der Waals surface area contributed by atoms with Crippen LogP contribution in [0.15, 0.2) is 182 Å². The number of rotatable bonds is 6. The summed E-state index contributed by atoms with van der Waals surface area (Å²) in [6, 6.07) is 67.5. The first-order chi connectivity index (χ1) is 21.7. The van der Waals surface area contributed by atoms with Gasteiger partial charge in [0, 0.05) is 13.8 Å². The van der Waals surface area contributed by atoms with Crippen LogP contribution in [0.25, 0.3) is 0 Å². The Morgan fingerprint density at radius 1 is 0.378 bits per heavy atom. The van der Waals surface area contributed by atoms with Crippen LogP contribution in [0.3, 0.4) is 0 Å². The Labute approximate surface area is 280 Å². The molecule has 0 N–H and O–H groups in total. The van der Waals surface area contributed by atoms with Gasteiger partial charge in [-0.25, -0.2) is 0 Å². The molecule has 2 nitrogen and oxygen atoms in total. The SMILES string of the molecule is CC#N.CC#N.[Cu+].c1ccc(P(c2ccccc2)c2ccccc2)cc1.c1ccc([C-](c2ccccc2)c2ccccc2)cc1. The van der Waals surface area contributed by atoms with Crippen LogP contribution in [-0.4, -0.2) is 0 Å². The second-order valence-corrected chi connectivity index (χ2v) is 11.5. The quantitative estimate of drug-likeness (QED) is 0.0781. The van der Waals surface area contributed by atoms with Gasteiger partial charge >= 0.3 is 17.1 Å². The Balaban J connectivity index is 0.000000262. The molecule has 0 fully saturated rings. The van der Waals surface area contributed by atoms with Crippen LogP contribution in [0.5, 0.6) is 0 Å². The normalized spacial score (nSPS) is 9.09. The van der Waals surface area contributed by atoms with Crippen molar-refractivity contribution in [3.8, 4) is 12.1 Å².